The maximum atomic E-state index is 2.47. The standard InChI is InChI=1S/C11H22/c1-5-6-10(9(2)3)11(4)7-8-11/h9-10H,5-8H2,1-4H3. The van der Waals surface area contributed by atoms with Crippen LogP contribution >= 0.6 is 0 Å². The van der Waals surface area contributed by atoms with Gasteiger partial charge in [-0.25, -0.2) is 0 Å². The molecule has 1 rings (SSSR count). The molecule has 0 N–H and O–H groups in total. The lowest BCUT2D eigenvalue weighted by atomic mass is 9.79. The van der Waals surface area contributed by atoms with E-state index < -0.39 is 0 Å². The lowest BCUT2D eigenvalue weighted by Crippen LogP contribution is -2.18. The third-order valence-electron chi connectivity index (χ3n) is 3.34. The summed E-state index contributed by atoms with van der Waals surface area (Å²) in [7, 11) is 0. The molecule has 1 fully saturated rings. The van der Waals surface area contributed by atoms with Gasteiger partial charge in [-0.2, -0.15) is 0 Å². The minimum absolute atomic E-state index is 0.740. The summed E-state index contributed by atoms with van der Waals surface area (Å²) in [5.41, 5.74) is 0.740. The molecule has 0 aromatic rings. The average Bonchev–Trinajstić information content (AvgIpc) is 2.63. The van der Waals surface area contributed by atoms with E-state index >= 15 is 0 Å². The first kappa shape index (κ1) is 9.09. The average molecular weight is 154 g/mol. The highest BCUT2D eigenvalue weighted by Crippen LogP contribution is 2.55. The summed E-state index contributed by atoms with van der Waals surface area (Å²) in [5.74, 6) is 1.88. The fourth-order valence-corrected chi connectivity index (χ4v) is 2.37. The van der Waals surface area contributed by atoms with Gasteiger partial charge in [0.25, 0.3) is 0 Å². The van der Waals surface area contributed by atoms with Gasteiger partial charge >= 0.3 is 0 Å². The van der Waals surface area contributed by atoms with Gasteiger partial charge in [-0.05, 0) is 36.5 Å². The molecule has 0 aromatic heterocycles. The molecule has 66 valence electrons. The minimum Gasteiger partial charge on any atom is -0.0654 e. The summed E-state index contributed by atoms with van der Waals surface area (Å²) in [4.78, 5) is 0. The van der Waals surface area contributed by atoms with Crippen LogP contribution in [0.5, 0.6) is 0 Å². The van der Waals surface area contributed by atoms with E-state index in [4.69, 9.17) is 0 Å². The van der Waals surface area contributed by atoms with Gasteiger partial charge in [0.1, 0.15) is 0 Å². The van der Waals surface area contributed by atoms with Gasteiger partial charge in [-0.15, -0.1) is 0 Å². The Balaban J connectivity index is 2.45. The van der Waals surface area contributed by atoms with Crippen molar-refractivity contribution in [1.82, 2.24) is 0 Å². The molecule has 1 saturated carbocycles. The number of hydrogen-bond donors (Lipinski definition) is 0. The Hall–Kier alpha value is 0. The van der Waals surface area contributed by atoms with Crippen LogP contribution in [0.2, 0.25) is 0 Å². The number of rotatable bonds is 4. The molecule has 0 saturated heterocycles. The van der Waals surface area contributed by atoms with Crippen LogP contribution in [0, 0.1) is 17.3 Å². The van der Waals surface area contributed by atoms with E-state index in [9.17, 15) is 0 Å². The van der Waals surface area contributed by atoms with E-state index in [0.717, 1.165) is 17.3 Å². The fourth-order valence-electron chi connectivity index (χ4n) is 2.37. The highest BCUT2D eigenvalue weighted by atomic mass is 14.5. The molecule has 11 heavy (non-hydrogen) atoms. The lowest BCUT2D eigenvalue weighted by molar-refractivity contribution is 0.231. The van der Waals surface area contributed by atoms with Crippen molar-refractivity contribution in [1.29, 1.82) is 0 Å². The molecular weight excluding hydrogens is 132 g/mol. The summed E-state index contributed by atoms with van der Waals surface area (Å²) in [5, 5.41) is 0. The predicted octanol–water partition coefficient (Wildman–Crippen LogP) is 3.86. The Labute approximate surface area is 71.4 Å². The Morgan fingerprint density at radius 2 is 1.82 bits per heavy atom. The Morgan fingerprint density at radius 1 is 1.27 bits per heavy atom. The van der Waals surface area contributed by atoms with Gasteiger partial charge in [-0.3, -0.25) is 0 Å². The maximum absolute atomic E-state index is 2.47. The van der Waals surface area contributed by atoms with Gasteiger partial charge in [0.2, 0.25) is 0 Å². The van der Waals surface area contributed by atoms with Gasteiger partial charge in [0.15, 0.2) is 0 Å². The molecule has 0 nitrogen and oxygen atoms in total. The zero-order valence-electron chi connectivity index (χ0n) is 8.48. The molecule has 0 heterocycles. The van der Waals surface area contributed by atoms with Crippen LogP contribution in [0.15, 0.2) is 0 Å². The monoisotopic (exact) mass is 154 g/mol. The van der Waals surface area contributed by atoms with Gasteiger partial charge in [0.05, 0.1) is 0 Å². The molecule has 0 amide bonds. The van der Waals surface area contributed by atoms with Crippen LogP contribution in [-0.2, 0) is 0 Å². The molecule has 1 aliphatic carbocycles. The number of hydrogen-bond acceptors (Lipinski definition) is 0. The molecule has 0 heteroatoms. The van der Waals surface area contributed by atoms with Crippen LogP contribution in [0.4, 0.5) is 0 Å². The Morgan fingerprint density at radius 3 is 2.09 bits per heavy atom. The molecule has 1 atom stereocenters. The second kappa shape index (κ2) is 3.16. The van der Waals surface area contributed by atoms with Crippen molar-refractivity contribution in [2.24, 2.45) is 17.3 Å². The summed E-state index contributed by atoms with van der Waals surface area (Å²) < 4.78 is 0. The van der Waals surface area contributed by atoms with Crippen molar-refractivity contribution in [3.8, 4) is 0 Å². The summed E-state index contributed by atoms with van der Waals surface area (Å²) >= 11 is 0. The van der Waals surface area contributed by atoms with Crippen molar-refractivity contribution >= 4 is 0 Å². The van der Waals surface area contributed by atoms with Crippen LogP contribution in [-0.4, -0.2) is 0 Å². The smallest absolute Gasteiger partial charge is 0.0295 e. The van der Waals surface area contributed by atoms with Gasteiger partial charge in [-0.1, -0.05) is 34.1 Å². The van der Waals surface area contributed by atoms with Crippen molar-refractivity contribution in [3.05, 3.63) is 0 Å². The van der Waals surface area contributed by atoms with Crippen LogP contribution in [0.25, 0.3) is 0 Å². The Kier molecular flexibility index (Phi) is 2.61. The molecule has 0 aromatic carbocycles. The van der Waals surface area contributed by atoms with E-state index in [-0.39, 0.29) is 0 Å². The highest BCUT2D eigenvalue weighted by molar-refractivity contribution is 4.95. The van der Waals surface area contributed by atoms with E-state index in [0.29, 0.717) is 0 Å². The SMILES string of the molecule is CCCC(C(C)C)C1(C)CC1. The predicted molar refractivity (Wildman–Crippen MR) is 50.6 cm³/mol. The largest absolute Gasteiger partial charge is 0.0654 e. The zero-order valence-corrected chi connectivity index (χ0v) is 8.48. The van der Waals surface area contributed by atoms with Crippen molar-refractivity contribution < 1.29 is 0 Å². The maximum Gasteiger partial charge on any atom is -0.0295 e. The zero-order chi connectivity index (χ0) is 8.48. The first-order chi connectivity index (χ1) is 5.10. The molecule has 1 unspecified atom stereocenters. The first-order valence-electron chi connectivity index (χ1n) is 5.10. The van der Waals surface area contributed by atoms with Crippen LogP contribution in [0.1, 0.15) is 53.4 Å². The Bertz CT molecular complexity index is 120. The third kappa shape index (κ3) is 1.98. The fraction of sp³-hybridized carbons (Fsp3) is 1.00. The van der Waals surface area contributed by atoms with E-state index in [1.54, 1.807) is 0 Å². The second-order valence-electron chi connectivity index (χ2n) is 4.79. The molecular formula is C11H22. The lowest BCUT2D eigenvalue weighted by Gasteiger charge is -2.26. The van der Waals surface area contributed by atoms with Crippen LogP contribution < -0.4 is 0 Å². The summed E-state index contributed by atoms with van der Waals surface area (Å²) in [6.07, 6.45) is 5.76. The highest BCUT2D eigenvalue weighted by Gasteiger charge is 2.44. The van der Waals surface area contributed by atoms with Crippen molar-refractivity contribution in [2.75, 3.05) is 0 Å². The minimum atomic E-state index is 0.740. The first-order valence-corrected chi connectivity index (χ1v) is 5.10. The molecule has 0 spiro atoms. The quantitative estimate of drug-likeness (QED) is 0.577. The molecule has 0 bridgehead atoms. The molecule has 0 aliphatic heterocycles. The topological polar surface area (TPSA) is 0 Å². The summed E-state index contributed by atoms with van der Waals surface area (Å²) in [6, 6.07) is 0. The summed E-state index contributed by atoms with van der Waals surface area (Å²) in [6.45, 7) is 9.53. The van der Waals surface area contributed by atoms with Crippen molar-refractivity contribution in [2.45, 2.75) is 53.4 Å². The third-order valence-corrected chi connectivity index (χ3v) is 3.34. The van der Waals surface area contributed by atoms with Gasteiger partial charge in [0, 0.05) is 0 Å². The van der Waals surface area contributed by atoms with Gasteiger partial charge < -0.3 is 0 Å². The normalized spacial score (nSPS) is 23.7. The second-order valence-corrected chi connectivity index (χ2v) is 4.79. The molecule has 0 radical (unpaired) electrons. The van der Waals surface area contributed by atoms with Crippen molar-refractivity contribution in [3.63, 3.8) is 0 Å². The van der Waals surface area contributed by atoms with E-state index in [1.165, 1.54) is 25.7 Å². The van der Waals surface area contributed by atoms with E-state index in [1.807, 2.05) is 0 Å². The van der Waals surface area contributed by atoms with Crippen LogP contribution in [0.3, 0.4) is 0 Å². The van der Waals surface area contributed by atoms with E-state index in [2.05, 4.69) is 27.7 Å². The molecule has 1 aliphatic rings.